The molecule has 3 rings (SSSR count). The fourth-order valence-corrected chi connectivity index (χ4v) is 3.23. The Labute approximate surface area is 159 Å². The predicted molar refractivity (Wildman–Crippen MR) is 105 cm³/mol. The number of aliphatic hydroxyl groups excluding tert-OH is 1. The molecule has 1 amide bonds. The predicted octanol–water partition coefficient (Wildman–Crippen LogP) is 2.10. The van der Waals surface area contributed by atoms with E-state index in [1.807, 2.05) is 42.3 Å². The van der Waals surface area contributed by atoms with Gasteiger partial charge in [0.1, 0.15) is 0 Å². The molecule has 2 N–H and O–H groups in total. The van der Waals surface area contributed by atoms with E-state index in [9.17, 15) is 4.79 Å². The molecule has 1 aliphatic heterocycles. The van der Waals surface area contributed by atoms with Crippen LogP contribution in [0.2, 0.25) is 0 Å². The lowest BCUT2D eigenvalue weighted by Gasteiger charge is -2.26. The van der Waals surface area contributed by atoms with Crippen LogP contribution in [0.3, 0.4) is 0 Å². The van der Waals surface area contributed by atoms with E-state index in [0.29, 0.717) is 25.3 Å². The Morgan fingerprint density at radius 1 is 1.30 bits per heavy atom. The van der Waals surface area contributed by atoms with E-state index < -0.39 is 0 Å². The maximum atomic E-state index is 12.4. The van der Waals surface area contributed by atoms with Crippen LogP contribution < -0.4 is 19.7 Å². The smallest absolute Gasteiger partial charge is 0.251 e. The summed E-state index contributed by atoms with van der Waals surface area (Å²) in [5.41, 5.74) is 2.69. The largest absolute Gasteiger partial charge is 0.493 e. The number of anilines is 1. The van der Waals surface area contributed by atoms with Gasteiger partial charge in [0, 0.05) is 37.3 Å². The summed E-state index contributed by atoms with van der Waals surface area (Å²) in [5.74, 6) is 1.69. The first-order valence-corrected chi connectivity index (χ1v) is 9.11. The standard InChI is InChI=1S/C21H26N2O4/c1-23(10-11-24)18-8-6-16(7-9-18)21(25)22-13-15-12-17-4-3-5-19(26-2)20(17)27-14-15/h3-9,15,24H,10-14H2,1-2H3,(H,22,25)/t15-/m1/s1. The zero-order valence-corrected chi connectivity index (χ0v) is 15.8. The Bertz CT molecular complexity index is 776. The monoisotopic (exact) mass is 370 g/mol. The van der Waals surface area contributed by atoms with E-state index in [0.717, 1.165) is 29.2 Å². The normalized spacial score (nSPS) is 15.4. The Kier molecular flexibility index (Phi) is 6.19. The molecule has 2 aromatic rings. The quantitative estimate of drug-likeness (QED) is 0.781. The van der Waals surface area contributed by atoms with Gasteiger partial charge in [-0.2, -0.15) is 0 Å². The molecule has 6 heteroatoms. The molecular formula is C21H26N2O4. The summed E-state index contributed by atoms with van der Waals surface area (Å²) < 4.78 is 11.2. The second-order valence-electron chi connectivity index (χ2n) is 6.73. The highest BCUT2D eigenvalue weighted by Crippen LogP contribution is 2.35. The van der Waals surface area contributed by atoms with Gasteiger partial charge in [0.2, 0.25) is 0 Å². The maximum absolute atomic E-state index is 12.4. The summed E-state index contributed by atoms with van der Waals surface area (Å²) in [4.78, 5) is 14.4. The third-order valence-corrected chi connectivity index (χ3v) is 4.81. The van der Waals surface area contributed by atoms with Crippen molar-refractivity contribution in [2.75, 3.05) is 45.4 Å². The molecule has 0 bridgehead atoms. The number of hydrogen-bond donors (Lipinski definition) is 2. The number of rotatable bonds is 7. The van der Waals surface area contributed by atoms with Gasteiger partial charge in [-0.15, -0.1) is 0 Å². The summed E-state index contributed by atoms with van der Waals surface area (Å²) in [7, 11) is 3.54. The van der Waals surface area contributed by atoms with Crippen LogP contribution in [0.15, 0.2) is 42.5 Å². The van der Waals surface area contributed by atoms with E-state index in [-0.39, 0.29) is 18.4 Å². The molecule has 1 heterocycles. The van der Waals surface area contributed by atoms with Crippen LogP contribution in [-0.4, -0.2) is 51.5 Å². The molecule has 1 aliphatic rings. The summed E-state index contributed by atoms with van der Waals surface area (Å²) in [6, 6.07) is 13.3. The molecule has 0 saturated heterocycles. The minimum absolute atomic E-state index is 0.0944. The van der Waals surface area contributed by atoms with E-state index in [4.69, 9.17) is 14.6 Å². The number of ether oxygens (including phenoxy) is 2. The van der Waals surface area contributed by atoms with Gasteiger partial charge < -0.3 is 24.8 Å². The third-order valence-electron chi connectivity index (χ3n) is 4.81. The summed E-state index contributed by atoms with van der Waals surface area (Å²) >= 11 is 0. The minimum Gasteiger partial charge on any atom is -0.493 e. The van der Waals surface area contributed by atoms with Crippen molar-refractivity contribution in [3.05, 3.63) is 53.6 Å². The molecule has 0 radical (unpaired) electrons. The molecular weight excluding hydrogens is 344 g/mol. The van der Waals surface area contributed by atoms with Crippen LogP contribution in [0.5, 0.6) is 11.5 Å². The average molecular weight is 370 g/mol. The number of amides is 1. The van der Waals surface area contributed by atoms with Crippen LogP contribution >= 0.6 is 0 Å². The maximum Gasteiger partial charge on any atom is 0.251 e. The van der Waals surface area contributed by atoms with E-state index in [2.05, 4.69) is 5.32 Å². The number of likely N-dealkylation sites (N-methyl/N-ethyl adjacent to an activating group) is 1. The first kappa shape index (κ1) is 19.0. The lowest BCUT2D eigenvalue weighted by atomic mass is 9.96. The number of benzene rings is 2. The number of nitrogens with zero attached hydrogens (tertiary/aromatic N) is 1. The third kappa shape index (κ3) is 4.52. The average Bonchev–Trinajstić information content (AvgIpc) is 2.71. The second-order valence-corrected chi connectivity index (χ2v) is 6.73. The molecule has 0 fully saturated rings. The number of aliphatic hydroxyl groups is 1. The van der Waals surface area contributed by atoms with Gasteiger partial charge in [-0.25, -0.2) is 0 Å². The van der Waals surface area contributed by atoms with Crippen LogP contribution in [0.4, 0.5) is 5.69 Å². The van der Waals surface area contributed by atoms with Crippen molar-refractivity contribution >= 4 is 11.6 Å². The van der Waals surface area contributed by atoms with Crippen molar-refractivity contribution in [3.8, 4) is 11.5 Å². The van der Waals surface area contributed by atoms with Crippen molar-refractivity contribution in [2.24, 2.45) is 5.92 Å². The topological polar surface area (TPSA) is 71.0 Å². The highest BCUT2D eigenvalue weighted by atomic mass is 16.5. The highest BCUT2D eigenvalue weighted by molar-refractivity contribution is 5.94. The van der Waals surface area contributed by atoms with Gasteiger partial charge in [-0.1, -0.05) is 12.1 Å². The zero-order chi connectivity index (χ0) is 19.2. The van der Waals surface area contributed by atoms with E-state index in [1.54, 1.807) is 19.2 Å². The first-order valence-electron chi connectivity index (χ1n) is 9.11. The van der Waals surface area contributed by atoms with Gasteiger partial charge >= 0.3 is 0 Å². The Hall–Kier alpha value is -2.73. The minimum atomic E-state index is -0.0946. The molecule has 144 valence electrons. The van der Waals surface area contributed by atoms with Crippen LogP contribution in [0, 0.1) is 5.92 Å². The Morgan fingerprint density at radius 2 is 2.07 bits per heavy atom. The van der Waals surface area contributed by atoms with Crippen molar-refractivity contribution in [2.45, 2.75) is 6.42 Å². The van der Waals surface area contributed by atoms with Crippen molar-refractivity contribution in [1.82, 2.24) is 5.32 Å². The fourth-order valence-electron chi connectivity index (χ4n) is 3.23. The molecule has 2 aromatic carbocycles. The van der Waals surface area contributed by atoms with Gasteiger partial charge in [-0.3, -0.25) is 4.79 Å². The van der Waals surface area contributed by atoms with Gasteiger partial charge in [0.15, 0.2) is 11.5 Å². The Balaban J connectivity index is 1.55. The van der Waals surface area contributed by atoms with Crippen molar-refractivity contribution < 1.29 is 19.4 Å². The summed E-state index contributed by atoms with van der Waals surface area (Å²) in [6.07, 6.45) is 0.845. The molecule has 0 aliphatic carbocycles. The van der Waals surface area contributed by atoms with Gasteiger partial charge in [-0.05, 0) is 42.3 Å². The van der Waals surface area contributed by atoms with E-state index in [1.165, 1.54) is 0 Å². The number of carbonyl (C=O) groups excluding carboxylic acids is 1. The first-order chi connectivity index (χ1) is 13.1. The van der Waals surface area contributed by atoms with Crippen molar-refractivity contribution in [1.29, 1.82) is 0 Å². The zero-order valence-electron chi connectivity index (χ0n) is 15.8. The number of fused-ring (bicyclic) bond motifs is 1. The Morgan fingerprint density at radius 3 is 2.78 bits per heavy atom. The molecule has 27 heavy (non-hydrogen) atoms. The van der Waals surface area contributed by atoms with Gasteiger partial charge in [0.25, 0.3) is 5.91 Å². The number of nitrogens with one attached hydrogen (secondary N) is 1. The number of hydrogen-bond acceptors (Lipinski definition) is 5. The van der Waals surface area contributed by atoms with Crippen LogP contribution in [0.1, 0.15) is 15.9 Å². The van der Waals surface area contributed by atoms with Crippen LogP contribution in [0.25, 0.3) is 0 Å². The SMILES string of the molecule is COc1cccc2c1OC[C@@H](CNC(=O)c1ccc(N(C)CCO)cc1)C2. The van der Waals surface area contributed by atoms with Crippen LogP contribution in [-0.2, 0) is 6.42 Å². The summed E-state index contributed by atoms with van der Waals surface area (Å²) in [5, 5.41) is 12.0. The number of carbonyl (C=O) groups is 1. The number of methoxy groups -OCH3 is 1. The number of para-hydroxylation sites is 1. The lowest BCUT2D eigenvalue weighted by molar-refractivity contribution is 0.0938. The highest BCUT2D eigenvalue weighted by Gasteiger charge is 2.23. The second kappa shape index (κ2) is 8.77. The molecule has 0 spiro atoms. The molecule has 0 saturated carbocycles. The molecule has 6 nitrogen and oxygen atoms in total. The lowest BCUT2D eigenvalue weighted by Crippen LogP contribution is -2.34. The molecule has 1 atom stereocenters. The van der Waals surface area contributed by atoms with Crippen molar-refractivity contribution in [3.63, 3.8) is 0 Å². The summed E-state index contributed by atoms with van der Waals surface area (Å²) in [6.45, 7) is 1.76. The molecule has 0 aromatic heterocycles. The van der Waals surface area contributed by atoms with Gasteiger partial charge in [0.05, 0.1) is 20.3 Å². The molecule has 0 unspecified atom stereocenters. The fraction of sp³-hybridized carbons (Fsp3) is 0.381. The van der Waals surface area contributed by atoms with E-state index >= 15 is 0 Å².